The number of hydrogen-bond acceptors (Lipinski definition) is 3. The first-order valence-corrected chi connectivity index (χ1v) is 7.34. The number of benzene rings is 1. The fraction of sp³-hybridized carbons (Fsp3) is 0.462. The van der Waals surface area contributed by atoms with Crippen molar-refractivity contribution in [2.45, 2.75) is 19.1 Å². The smallest absolute Gasteiger partial charge is 0.241 e. The molecule has 1 saturated heterocycles. The Hall–Kier alpha value is -1.07. The summed E-state index contributed by atoms with van der Waals surface area (Å²) in [5.41, 5.74) is 0.926. The van der Waals surface area contributed by atoms with Crippen molar-refractivity contribution in [3.8, 4) is 0 Å². The van der Waals surface area contributed by atoms with E-state index in [1.165, 1.54) is 12.1 Å². The Bertz CT molecular complexity index is 424. The molecule has 1 aromatic rings. The summed E-state index contributed by atoms with van der Waals surface area (Å²) in [6.07, 6.45) is 1.88. The maximum atomic E-state index is 12.9. The third-order valence-corrected chi connectivity index (χ3v) is 3.69. The van der Waals surface area contributed by atoms with Gasteiger partial charge in [-0.15, -0.1) is 0 Å². The van der Waals surface area contributed by atoms with E-state index in [0.717, 1.165) is 11.3 Å². The van der Waals surface area contributed by atoms with Crippen LogP contribution >= 0.6 is 11.8 Å². The molecule has 1 amide bonds. The molecule has 1 fully saturated rings. The second-order valence-corrected chi connectivity index (χ2v) is 5.35. The number of hydrogen-bond donors (Lipinski definition) is 1. The second kappa shape index (κ2) is 5.71. The van der Waals surface area contributed by atoms with Crippen LogP contribution in [0.3, 0.4) is 0 Å². The van der Waals surface area contributed by atoms with Gasteiger partial charge in [-0.3, -0.25) is 10.1 Å². The van der Waals surface area contributed by atoms with Crippen LogP contribution in [0.1, 0.15) is 18.7 Å². The molecule has 0 radical (unpaired) electrons. The average Bonchev–Trinajstić information content (AvgIpc) is 2.64. The van der Waals surface area contributed by atoms with Gasteiger partial charge in [0.25, 0.3) is 0 Å². The van der Waals surface area contributed by atoms with Crippen molar-refractivity contribution in [2.24, 2.45) is 0 Å². The predicted molar refractivity (Wildman–Crippen MR) is 71.8 cm³/mol. The zero-order valence-corrected chi connectivity index (χ0v) is 11.3. The zero-order valence-electron chi connectivity index (χ0n) is 10.5. The van der Waals surface area contributed by atoms with Crippen molar-refractivity contribution in [3.05, 3.63) is 35.6 Å². The highest BCUT2D eigenvalue weighted by atomic mass is 32.2. The van der Waals surface area contributed by atoms with Gasteiger partial charge < -0.3 is 4.90 Å². The van der Waals surface area contributed by atoms with E-state index in [1.54, 1.807) is 23.9 Å². The van der Waals surface area contributed by atoms with Crippen LogP contribution in [0.5, 0.6) is 0 Å². The number of carbonyl (C=O) groups excluding carboxylic acids is 1. The Morgan fingerprint density at radius 2 is 2.06 bits per heavy atom. The first kappa shape index (κ1) is 13.4. The lowest BCUT2D eigenvalue weighted by atomic mass is 10.1. The van der Waals surface area contributed by atoms with Crippen molar-refractivity contribution in [3.63, 3.8) is 0 Å². The third kappa shape index (κ3) is 2.67. The summed E-state index contributed by atoms with van der Waals surface area (Å²) < 4.78 is 12.9. The van der Waals surface area contributed by atoms with Crippen LogP contribution in [0.4, 0.5) is 4.39 Å². The van der Waals surface area contributed by atoms with Crippen molar-refractivity contribution in [1.82, 2.24) is 10.2 Å². The topological polar surface area (TPSA) is 32.3 Å². The van der Waals surface area contributed by atoms with E-state index in [0.29, 0.717) is 6.54 Å². The van der Waals surface area contributed by atoms with Gasteiger partial charge in [0.1, 0.15) is 12.0 Å². The molecular formula is C13H17FN2OS. The van der Waals surface area contributed by atoms with Gasteiger partial charge in [-0.25, -0.2) is 4.39 Å². The molecule has 98 valence electrons. The lowest BCUT2D eigenvalue weighted by Gasteiger charge is -2.24. The van der Waals surface area contributed by atoms with E-state index in [4.69, 9.17) is 0 Å². The monoisotopic (exact) mass is 268 g/mol. The predicted octanol–water partition coefficient (Wildman–Crippen LogP) is 2.01. The van der Waals surface area contributed by atoms with Crippen LogP contribution in [-0.2, 0) is 4.79 Å². The molecule has 18 heavy (non-hydrogen) atoms. The van der Waals surface area contributed by atoms with E-state index in [1.807, 2.05) is 18.1 Å². The Morgan fingerprint density at radius 1 is 1.39 bits per heavy atom. The van der Waals surface area contributed by atoms with Crippen LogP contribution in [0.2, 0.25) is 0 Å². The molecule has 1 heterocycles. The Kier molecular flexibility index (Phi) is 4.24. The van der Waals surface area contributed by atoms with Crippen molar-refractivity contribution in [2.75, 3.05) is 18.6 Å². The average molecular weight is 268 g/mol. The molecule has 2 atom stereocenters. The Morgan fingerprint density at radius 3 is 2.67 bits per heavy atom. The largest absolute Gasteiger partial charge is 0.321 e. The molecular weight excluding hydrogens is 251 g/mol. The number of nitrogens with zero attached hydrogens (tertiary/aromatic N) is 1. The summed E-state index contributed by atoms with van der Waals surface area (Å²) in [5, 5.41) is 3.24. The normalized spacial score (nSPS) is 23.7. The lowest BCUT2D eigenvalue weighted by molar-refractivity contribution is -0.129. The summed E-state index contributed by atoms with van der Waals surface area (Å²) in [5.74, 6) is 0.753. The van der Waals surface area contributed by atoms with Gasteiger partial charge in [0.15, 0.2) is 0 Å². The number of rotatable bonds is 4. The lowest BCUT2D eigenvalue weighted by Crippen LogP contribution is -2.32. The maximum Gasteiger partial charge on any atom is 0.241 e. The van der Waals surface area contributed by atoms with Crippen LogP contribution in [0.15, 0.2) is 24.3 Å². The first-order chi connectivity index (χ1) is 8.63. The van der Waals surface area contributed by atoms with Gasteiger partial charge in [0.05, 0.1) is 6.04 Å². The van der Waals surface area contributed by atoms with Crippen LogP contribution < -0.4 is 5.32 Å². The van der Waals surface area contributed by atoms with E-state index in [-0.39, 0.29) is 23.9 Å². The molecule has 1 aliphatic rings. The van der Waals surface area contributed by atoms with E-state index in [9.17, 15) is 9.18 Å². The van der Waals surface area contributed by atoms with Gasteiger partial charge in [-0.2, -0.15) is 11.8 Å². The van der Waals surface area contributed by atoms with Crippen molar-refractivity contribution < 1.29 is 9.18 Å². The summed E-state index contributed by atoms with van der Waals surface area (Å²) in [6.45, 7) is 2.57. The number of nitrogens with one attached hydrogen (secondary N) is 1. The highest BCUT2D eigenvalue weighted by Crippen LogP contribution is 2.25. The van der Waals surface area contributed by atoms with Crippen LogP contribution in [0, 0.1) is 5.82 Å². The summed E-state index contributed by atoms with van der Waals surface area (Å²) in [6, 6.07) is 6.13. The first-order valence-electron chi connectivity index (χ1n) is 5.94. The quantitative estimate of drug-likeness (QED) is 0.906. The molecule has 0 aromatic heterocycles. The van der Waals surface area contributed by atoms with Crippen molar-refractivity contribution in [1.29, 1.82) is 0 Å². The molecule has 0 aliphatic carbocycles. The molecule has 2 unspecified atom stereocenters. The molecule has 0 saturated carbocycles. The van der Waals surface area contributed by atoms with Crippen molar-refractivity contribution >= 4 is 17.7 Å². The molecule has 1 aromatic carbocycles. The number of amides is 1. The molecule has 3 nitrogen and oxygen atoms in total. The number of carbonyl (C=O) groups is 1. The zero-order chi connectivity index (χ0) is 13.1. The van der Waals surface area contributed by atoms with Gasteiger partial charge in [-0.05, 0) is 30.9 Å². The SMILES string of the molecule is CSCCN1C(=O)C(C)NC1c1ccc(F)cc1. The minimum Gasteiger partial charge on any atom is -0.321 e. The van der Waals surface area contributed by atoms with E-state index in [2.05, 4.69) is 5.32 Å². The van der Waals surface area contributed by atoms with Crippen LogP contribution in [-0.4, -0.2) is 35.4 Å². The van der Waals surface area contributed by atoms with Gasteiger partial charge in [0, 0.05) is 12.3 Å². The standard InChI is InChI=1S/C13H17FN2OS/c1-9-13(17)16(7-8-18-2)12(15-9)10-3-5-11(14)6-4-10/h3-6,9,12,15H,7-8H2,1-2H3. The second-order valence-electron chi connectivity index (χ2n) is 4.37. The third-order valence-electron chi connectivity index (χ3n) is 3.10. The highest BCUT2D eigenvalue weighted by molar-refractivity contribution is 7.98. The molecule has 0 spiro atoms. The Balaban J connectivity index is 2.19. The molecule has 2 rings (SSSR count). The fourth-order valence-electron chi connectivity index (χ4n) is 2.12. The molecule has 1 N–H and O–H groups in total. The minimum atomic E-state index is -0.258. The summed E-state index contributed by atoms with van der Waals surface area (Å²) >= 11 is 1.71. The van der Waals surface area contributed by atoms with Gasteiger partial charge in [-0.1, -0.05) is 12.1 Å². The van der Waals surface area contributed by atoms with Gasteiger partial charge >= 0.3 is 0 Å². The summed E-state index contributed by atoms with van der Waals surface area (Å²) in [7, 11) is 0. The summed E-state index contributed by atoms with van der Waals surface area (Å²) in [4.78, 5) is 13.9. The Labute approximate surface area is 111 Å². The molecule has 0 bridgehead atoms. The number of halogens is 1. The minimum absolute atomic E-state index is 0.110. The number of thioether (sulfide) groups is 1. The molecule has 5 heteroatoms. The maximum absolute atomic E-state index is 12.9. The van der Waals surface area contributed by atoms with Crippen LogP contribution in [0.25, 0.3) is 0 Å². The fourth-order valence-corrected chi connectivity index (χ4v) is 2.50. The van der Waals surface area contributed by atoms with E-state index >= 15 is 0 Å². The highest BCUT2D eigenvalue weighted by Gasteiger charge is 2.36. The molecule has 1 aliphatic heterocycles. The van der Waals surface area contributed by atoms with Gasteiger partial charge in [0.2, 0.25) is 5.91 Å². The van der Waals surface area contributed by atoms with E-state index < -0.39 is 0 Å².